The molecule has 0 N–H and O–H groups in total. The van der Waals surface area contributed by atoms with E-state index in [0.717, 1.165) is 56.4 Å². The molecule has 1 aliphatic heterocycles. The summed E-state index contributed by atoms with van der Waals surface area (Å²) in [6.07, 6.45) is 6.47. The van der Waals surface area contributed by atoms with Crippen molar-refractivity contribution >= 4 is 5.91 Å². The van der Waals surface area contributed by atoms with Gasteiger partial charge < -0.3 is 9.64 Å². The number of likely N-dealkylation sites (tertiary alicyclic amines) is 1. The molecule has 0 saturated carbocycles. The van der Waals surface area contributed by atoms with Gasteiger partial charge in [-0.3, -0.25) is 4.79 Å². The summed E-state index contributed by atoms with van der Waals surface area (Å²) in [5.74, 6) is 0.217. The number of piperidine rings is 1. The van der Waals surface area contributed by atoms with Gasteiger partial charge in [0.1, 0.15) is 0 Å². The van der Waals surface area contributed by atoms with Crippen molar-refractivity contribution in [1.82, 2.24) is 4.90 Å². The van der Waals surface area contributed by atoms with Gasteiger partial charge >= 0.3 is 0 Å². The number of amides is 1. The fraction of sp³-hybridized carbons (Fsp3) is 0.611. The topological polar surface area (TPSA) is 29.5 Å². The number of hydrogen-bond donors (Lipinski definition) is 0. The second kappa shape index (κ2) is 8.18. The number of ether oxygens (including phenoxy) is 1. The Morgan fingerprint density at radius 1 is 1.33 bits per heavy atom. The highest BCUT2D eigenvalue weighted by atomic mass is 16.5. The third-order valence-electron chi connectivity index (χ3n) is 4.40. The quantitative estimate of drug-likeness (QED) is 0.748. The zero-order valence-corrected chi connectivity index (χ0v) is 13.3. The zero-order valence-electron chi connectivity index (χ0n) is 13.3. The number of carbonyl (C=O) groups is 1. The molecule has 0 unspecified atom stereocenters. The van der Waals surface area contributed by atoms with Gasteiger partial charge in [0, 0.05) is 31.9 Å². The van der Waals surface area contributed by atoms with Crippen molar-refractivity contribution in [2.45, 2.75) is 51.5 Å². The Morgan fingerprint density at radius 2 is 2.14 bits per heavy atom. The summed E-state index contributed by atoms with van der Waals surface area (Å²) in [7, 11) is 1.74. The van der Waals surface area contributed by atoms with E-state index in [4.69, 9.17) is 4.74 Å². The van der Waals surface area contributed by atoms with Crippen molar-refractivity contribution < 1.29 is 9.53 Å². The average Bonchev–Trinajstić information content (AvgIpc) is 2.55. The van der Waals surface area contributed by atoms with E-state index in [9.17, 15) is 4.79 Å². The summed E-state index contributed by atoms with van der Waals surface area (Å²) in [6.45, 7) is 3.79. The van der Waals surface area contributed by atoms with Gasteiger partial charge in [0.15, 0.2) is 0 Å². The normalized spacial score (nSPS) is 18.8. The smallest absolute Gasteiger partial charge is 0.254 e. The van der Waals surface area contributed by atoms with Crippen LogP contribution in [-0.2, 0) is 11.2 Å². The summed E-state index contributed by atoms with van der Waals surface area (Å²) in [5.41, 5.74) is 2.04. The first-order valence-corrected chi connectivity index (χ1v) is 8.15. The molecule has 1 atom stereocenters. The molecule has 3 heteroatoms. The number of carbonyl (C=O) groups excluding carboxylic acids is 1. The van der Waals surface area contributed by atoms with Crippen molar-refractivity contribution in [3.8, 4) is 0 Å². The Balaban J connectivity index is 2.10. The summed E-state index contributed by atoms with van der Waals surface area (Å²) in [6, 6.07) is 8.41. The van der Waals surface area contributed by atoms with Gasteiger partial charge in [-0.2, -0.15) is 0 Å². The second-order valence-corrected chi connectivity index (χ2v) is 5.79. The number of hydrogen-bond acceptors (Lipinski definition) is 2. The highest BCUT2D eigenvalue weighted by Gasteiger charge is 2.27. The minimum atomic E-state index is 0.217. The Morgan fingerprint density at radius 3 is 2.90 bits per heavy atom. The standard InChI is InChI=1S/C18H27NO2/c1-3-15-9-4-5-12-17(15)18(20)19-13-7-6-10-16(19)11-8-14-21-2/h4-5,9,12,16H,3,6-8,10-11,13-14H2,1-2H3/t16-/m1/s1. The second-order valence-electron chi connectivity index (χ2n) is 5.79. The minimum absolute atomic E-state index is 0.217. The lowest BCUT2D eigenvalue weighted by atomic mass is 9.95. The lowest BCUT2D eigenvalue weighted by Crippen LogP contribution is -2.44. The molecular formula is C18H27NO2. The van der Waals surface area contributed by atoms with Crippen molar-refractivity contribution in [3.05, 3.63) is 35.4 Å². The van der Waals surface area contributed by atoms with Gasteiger partial charge in [-0.15, -0.1) is 0 Å². The lowest BCUT2D eigenvalue weighted by molar-refractivity contribution is 0.0584. The first kappa shape index (κ1) is 16.0. The highest BCUT2D eigenvalue weighted by Crippen LogP contribution is 2.24. The number of aryl methyl sites for hydroxylation is 1. The van der Waals surface area contributed by atoms with E-state index in [1.54, 1.807) is 7.11 Å². The molecule has 1 saturated heterocycles. The maximum atomic E-state index is 12.9. The fourth-order valence-corrected chi connectivity index (χ4v) is 3.22. The van der Waals surface area contributed by atoms with Crippen LogP contribution in [0.5, 0.6) is 0 Å². The average molecular weight is 289 g/mol. The van der Waals surface area contributed by atoms with E-state index in [2.05, 4.69) is 17.9 Å². The lowest BCUT2D eigenvalue weighted by Gasteiger charge is -2.36. The van der Waals surface area contributed by atoms with Crippen molar-refractivity contribution in [2.75, 3.05) is 20.3 Å². The third kappa shape index (κ3) is 4.07. The summed E-state index contributed by atoms with van der Waals surface area (Å²) in [4.78, 5) is 15.0. The van der Waals surface area contributed by atoms with Crippen LogP contribution in [0, 0.1) is 0 Å². The number of benzene rings is 1. The van der Waals surface area contributed by atoms with Crippen LogP contribution in [0.4, 0.5) is 0 Å². The van der Waals surface area contributed by atoms with Crippen molar-refractivity contribution in [3.63, 3.8) is 0 Å². The Bertz CT molecular complexity index is 458. The molecule has 0 radical (unpaired) electrons. The van der Waals surface area contributed by atoms with E-state index < -0.39 is 0 Å². The largest absolute Gasteiger partial charge is 0.385 e. The maximum Gasteiger partial charge on any atom is 0.254 e. The first-order valence-electron chi connectivity index (χ1n) is 8.15. The molecule has 1 aromatic rings. The third-order valence-corrected chi connectivity index (χ3v) is 4.40. The van der Waals surface area contributed by atoms with Gasteiger partial charge in [-0.1, -0.05) is 25.1 Å². The van der Waals surface area contributed by atoms with E-state index in [1.165, 1.54) is 6.42 Å². The predicted molar refractivity (Wildman–Crippen MR) is 85.6 cm³/mol. The number of nitrogens with zero attached hydrogens (tertiary/aromatic N) is 1. The summed E-state index contributed by atoms with van der Waals surface area (Å²) in [5, 5.41) is 0. The van der Waals surface area contributed by atoms with Crippen LogP contribution >= 0.6 is 0 Å². The SMILES string of the molecule is CCc1ccccc1C(=O)N1CCCC[C@@H]1CCCOC. The molecule has 0 aliphatic carbocycles. The molecule has 2 rings (SSSR count). The monoisotopic (exact) mass is 289 g/mol. The molecule has 1 heterocycles. The van der Waals surface area contributed by atoms with Gasteiger partial charge in [0.05, 0.1) is 0 Å². The van der Waals surface area contributed by atoms with Crippen molar-refractivity contribution in [2.24, 2.45) is 0 Å². The molecule has 0 spiro atoms. The Hall–Kier alpha value is -1.35. The molecule has 0 bridgehead atoms. The van der Waals surface area contributed by atoms with Gasteiger partial charge in [0.25, 0.3) is 5.91 Å². The van der Waals surface area contributed by atoms with Crippen LogP contribution in [0.1, 0.15) is 54.9 Å². The first-order chi connectivity index (χ1) is 10.3. The molecule has 21 heavy (non-hydrogen) atoms. The minimum Gasteiger partial charge on any atom is -0.385 e. The molecule has 1 aromatic carbocycles. The fourth-order valence-electron chi connectivity index (χ4n) is 3.22. The van der Waals surface area contributed by atoms with Gasteiger partial charge in [-0.05, 0) is 50.2 Å². The number of methoxy groups -OCH3 is 1. The Kier molecular flexibility index (Phi) is 6.24. The van der Waals surface area contributed by atoms with E-state index in [0.29, 0.717) is 6.04 Å². The Labute approximate surface area is 128 Å². The molecular weight excluding hydrogens is 262 g/mol. The number of rotatable bonds is 6. The molecule has 1 aliphatic rings. The van der Waals surface area contributed by atoms with Gasteiger partial charge in [-0.25, -0.2) is 0 Å². The highest BCUT2D eigenvalue weighted by molar-refractivity contribution is 5.96. The van der Waals surface area contributed by atoms with Crippen LogP contribution in [0.15, 0.2) is 24.3 Å². The van der Waals surface area contributed by atoms with E-state index in [1.807, 2.05) is 18.2 Å². The molecule has 3 nitrogen and oxygen atoms in total. The molecule has 1 amide bonds. The van der Waals surface area contributed by atoms with E-state index in [-0.39, 0.29) is 5.91 Å². The van der Waals surface area contributed by atoms with Gasteiger partial charge in [0.2, 0.25) is 0 Å². The summed E-state index contributed by atoms with van der Waals surface area (Å²) >= 11 is 0. The van der Waals surface area contributed by atoms with Crippen LogP contribution in [0.3, 0.4) is 0 Å². The molecule has 1 fully saturated rings. The molecule has 0 aromatic heterocycles. The van der Waals surface area contributed by atoms with Crippen LogP contribution < -0.4 is 0 Å². The van der Waals surface area contributed by atoms with Crippen LogP contribution in [-0.4, -0.2) is 37.1 Å². The predicted octanol–water partition coefficient (Wildman–Crippen LogP) is 3.67. The zero-order chi connectivity index (χ0) is 15.1. The van der Waals surface area contributed by atoms with Crippen molar-refractivity contribution in [1.29, 1.82) is 0 Å². The molecule has 116 valence electrons. The maximum absolute atomic E-state index is 12.9. The van der Waals surface area contributed by atoms with E-state index >= 15 is 0 Å². The van der Waals surface area contributed by atoms with Crippen LogP contribution in [0.2, 0.25) is 0 Å². The van der Waals surface area contributed by atoms with Crippen LogP contribution in [0.25, 0.3) is 0 Å². The summed E-state index contributed by atoms with van der Waals surface area (Å²) < 4.78 is 5.15.